The van der Waals surface area contributed by atoms with Crippen LogP contribution in [0.15, 0.2) is 29.3 Å². The second-order valence-corrected chi connectivity index (χ2v) is 5.19. The van der Waals surface area contributed by atoms with E-state index in [0.29, 0.717) is 18.0 Å². The minimum atomic E-state index is -0.616. The summed E-state index contributed by atoms with van der Waals surface area (Å²) in [5.41, 5.74) is 5.79. The lowest BCUT2D eigenvalue weighted by Gasteiger charge is -2.17. The maximum Gasteiger partial charge on any atom is 0.161 e. The summed E-state index contributed by atoms with van der Waals surface area (Å²) in [4.78, 5) is 4.42. The summed E-state index contributed by atoms with van der Waals surface area (Å²) in [7, 11) is 0. The van der Waals surface area contributed by atoms with Gasteiger partial charge in [0.1, 0.15) is 6.61 Å². The Morgan fingerprint density at radius 2 is 2.15 bits per heavy atom. The predicted molar refractivity (Wildman–Crippen MR) is 78.1 cm³/mol. The summed E-state index contributed by atoms with van der Waals surface area (Å²) < 4.78 is 5.42. The van der Waals surface area contributed by atoms with Crippen molar-refractivity contribution in [2.24, 2.45) is 10.7 Å². The van der Waals surface area contributed by atoms with Crippen molar-refractivity contribution in [1.82, 2.24) is 0 Å². The molecule has 0 spiro atoms. The van der Waals surface area contributed by atoms with Gasteiger partial charge in [-0.1, -0.05) is 18.6 Å². The number of aliphatic hydroxyl groups is 1. The van der Waals surface area contributed by atoms with Crippen molar-refractivity contribution < 1.29 is 14.9 Å². The van der Waals surface area contributed by atoms with Gasteiger partial charge in [0.2, 0.25) is 0 Å². The smallest absolute Gasteiger partial charge is 0.161 e. The van der Waals surface area contributed by atoms with E-state index in [1.165, 1.54) is 0 Å². The first-order valence-corrected chi connectivity index (χ1v) is 7.06. The Labute approximate surface area is 119 Å². The van der Waals surface area contributed by atoms with E-state index in [1.54, 1.807) is 24.3 Å². The predicted octanol–water partition coefficient (Wildman–Crippen LogP) is 1.82. The highest BCUT2D eigenvalue weighted by Crippen LogP contribution is 2.25. The number of amidine groups is 1. The number of phenols is 1. The second kappa shape index (κ2) is 7.14. The Balaban J connectivity index is 1.82. The number of para-hydroxylation sites is 2. The van der Waals surface area contributed by atoms with Crippen LogP contribution in [0.2, 0.25) is 0 Å². The first-order chi connectivity index (χ1) is 9.65. The number of rotatable bonds is 5. The van der Waals surface area contributed by atoms with Crippen LogP contribution in [0.3, 0.4) is 0 Å². The van der Waals surface area contributed by atoms with Gasteiger partial charge < -0.3 is 20.7 Å². The van der Waals surface area contributed by atoms with Crippen LogP contribution in [-0.2, 0) is 0 Å². The summed E-state index contributed by atoms with van der Waals surface area (Å²) in [6.45, 7) is 0.142. The standard InChI is InChI=1S/C15H22N2O3/c16-15-8-4-1-5-11(17-15)9-12(18)10-20-14-7-3-2-6-13(14)19/h2-3,6-7,11-12,18-19H,1,4-5,8-10H2,(H2,16,17). The molecule has 5 heteroatoms. The number of benzene rings is 1. The average Bonchev–Trinajstić information content (AvgIpc) is 2.62. The second-order valence-electron chi connectivity index (χ2n) is 5.19. The topological polar surface area (TPSA) is 88.1 Å². The van der Waals surface area contributed by atoms with E-state index < -0.39 is 6.10 Å². The Morgan fingerprint density at radius 1 is 1.35 bits per heavy atom. The third-order valence-corrected chi connectivity index (χ3v) is 3.41. The van der Waals surface area contributed by atoms with Crippen LogP contribution in [0.4, 0.5) is 0 Å². The Hall–Kier alpha value is -1.75. The van der Waals surface area contributed by atoms with Gasteiger partial charge in [-0.05, 0) is 31.4 Å². The van der Waals surface area contributed by atoms with Crippen molar-refractivity contribution in [3.63, 3.8) is 0 Å². The maximum atomic E-state index is 10.0. The van der Waals surface area contributed by atoms with E-state index in [9.17, 15) is 10.2 Å². The molecule has 0 saturated heterocycles. The molecule has 2 atom stereocenters. The van der Waals surface area contributed by atoms with Crippen molar-refractivity contribution in [3.8, 4) is 11.5 Å². The number of hydrogen-bond acceptors (Lipinski definition) is 5. The van der Waals surface area contributed by atoms with Crippen molar-refractivity contribution in [2.75, 3.05) is 6.61 Å². The summed E-state index contributed by atoms with van der Waals surface area (Å²) in [5, 5.41) is 19.6. The molecular weight excluding hydrogens is 256 g/mol. The van der Waals surface area contributed by atoms with Gasteiger partial charge in [-0.15, -0.1) is 0 Å². The number of nitrogens with two attached hydrogens (primary N) is 1. The zero-order chi connectivity index (χ0) is 14.4. The number of ether oxygens (including phenoxy) is 1. The highest BCUT2D eigenvalue weighted by Gasteiger charge is 2.17. The number of hydrogen-bond donors (Lipinski definition) is 3. The molecule has 0 aliphatic carbocycles. The number of nitrogens with zero attached hydrogens (tertiary/aromatic N) is 1. The summed E-state index contributed by atoms with van der Waals surface area (Å²) >= 11 is 0. The van der Waals surface area contributed by atoms with Crippen molar-refractivity contribution in [3.05, 3.63) is 24.3 Å². The van der Waals surface area contributed by atoms with Crippen LogP contribution in [-0.4, -0.2) is 34.8 Å². The summed E-state index contributed by atoms with van der Waals surface area (Å²) in [6, 6.07) is 6.79. The quantitative estimate of drug-likeness (QED) is 0.766. The Morgan fingerprint density at radius 3 is 2.95 bits per heavy atom. The van der Waals surface area contributed by atoms with Crippen LogP contribution >= 0.6 is 0 Å². The fraction of sp³-hybridized carbons (Fsp3) is 0.533. The van der Waals surface area contributed by atoms with Crippen LogP contribution in [0.5, 0.6) is 11.5 Å². The van der Waals surface area contributed by atoms with E-state index in [0.717, 1.165) is 25.7 Å². The lowest BCUT2D eigenvalue weighted by Crippen LogP contribution is -2.24. The SMILES string of the molecule is NC1=NC(CC(O)COc2ccccc2O)CCCC1. The van der Waals surface area contributed by atoms with Crippen molar-refractivity contribution >= 4 is 5.84 Å². The van der Waals surface area contributed by atoms with Gasteiger partial charge in [-0.25, -0.2) is 0 Å². The number of phenolic OH excluding ortho intramolecular Hbond substituents is 1. The van der Waals surface area contributed by atoms with Gasteiger partial charge in [0.15, 0.2) is 11.5 Å². The van der Waals surface area contributed by atoms with Crippen LogP contribution in [0.25, 0.3) is 0 Å². The Kier molecular flexibility index (Phi) is 5.24. The highest BCUT2D eigenvalue weighted by molar-refractivity contribution is 5.80. The molecule has 1 aromatic carbocycles. The lowest BCUT2D eigenvalue weighted by molar-refractivity contribution is 0.0919. The molecule has 0 radical (unpaired) electrons. The van der Waals surface area contributed by atoms with E-state index >= 15 is 0 Å². The fourth-order valence-electron chi connectivity index (χ4n) is 2.37. The number of aliphatic hydroxyl groups excluding tert-OH is 1. The van der Waals surface area contributed by atoms with Crippen molar-refractivity contribution in [2.45, 2.75) is 44.2 Å². The van der Waals surface area contributed by atoms with E-state index in [4.69, 9.17) is 10.5 Å². The molecule has 4 N–H and O–H groups in total. The lowest BCUT2D eigenvalue weighted by atomic mass is 10.0. The normalized spacial score (nSPS) is 20.9. The van der Waals surface area contributed by atoms with Crippen LogP contribution in [0.1, 0.15) is 32.1 Å². The van der Waals surface area contributed by atoms with Crippen molar-refractivity contribution in [1.29, 1.82) is 0 Å². The minimum absolute atomic E-state index is 0.0699. The molecule has 0 bridgehead atoms. The molecule has 1 aliphatic heterocycles. The Bertz CT molecular complexity index is 462. The molecule has 1 aliphatic rings. The monoisotopic (exact) mass is 278 g/mol. The third kappa shape index (κ3) is 4.42. The third-order valence-electron chi connectivity index (χ3n) is 3.41. The summed E-state index contributed by atoms with van der Waals surface area (Å²) in [5.74, 6) is 1.15. The largest absolute Gasteiger partial charge is 0.504 e. The van der Waals surface area contributed by atoms with Gasteiger partial charge >= 0.3 is 0 Å². The molecule has 1 aromatic rings. The zero-order valence-electron chi connectivity index (χ0n) is 11.5. The first-order valence-electron chi connectivity index (χ1n) is 7.06. The molecule has 20 heavy (non-hydrogen) atoms. The van der Waals surface area contributed by atoms with Gasteiger partial charge in [-0.2, -0.15) is 0 Å². The molecule has 1 heterocycles. The molecule has 0 saturated carbocycles. The van der Waals surface area contributed by atoms with Gasteiger partial charge in [-0.3, -0.25) is 4.99 Å². The molecule has 0 amide bonds. The molecule has 2 unspecified atom stereocenters. The van der Waals surface area contributed by atoms with E-state index in [1.807, 2.05) is 0 Å². The zero-order valence-corrected chi connectivity index (χ0v) is 11.5. The first kappa shape index (κ1) is 14.7. The van der Waals surface area contributed by atoms with Crippen LogP contribution < -0.4 is 10.5 Å². The maximum absolute atomic E-state index is 10.0. The van der Waals surface area contributed by atoms with E-state index in [2.05, 4.69) is 4.99 Å². The van der Waals surface area contributed by atoms with Gasteiger partial charge in [0, 0.05) is 6.42 Å². The average molecular weight is 278 g/mol. The highest BCUT2D eigenvalue weighted by atomic mass is 16.5. The fourth-order valence-corrected chi connectivity index (χ4v) is 2.37. The van der Waals surface area contributed by atoms with Gasteiger partial charge in [0.05, 0.1) is 18.0 Å². The van der Waals surface area contributed by atoms with E-state index in [-0.39, 0.29) is 18.4 Å². The molecule has 0 aromatic heterocycles. The molecule has 2 rings (SSSR count). The van der Waals surface area contributed by atoms with Gasteiger partial charge in [0.25, 0.3) is 0 Å². The molecule has 0 fully saturated rings. The molecular formula is C15H22N2O3. The number of aliphatic imine (C=N–C) groups is 1. The summed E-state index contributed by atoms with van der Waals surface area (Å²) in [6.07, 6.45) is 3.87. The minimum Gasteiger partial charge on any atom is -0.504 e. The number of aromatic hydroxyl groups is 1. The molecule has 110 valence electrons. The molecule has 5 nitrogen and oxygen atoms in total. The van der Waals surface area contributed by atoms with Crippen LogP contribution in [0, 0.1) is 0 Å².